The molecule has 1 aromatic heterocycles. The van der Waals surface area contributed by atoms with Crippen molar-refractivity contribution in [2.24, 2.45) is 0 Å². The molecular formula is C14H8BrF2N3O4. The van der Waals surface area contributed by atoms with Crippen LogP contribution >= 0.6 is 15.9 Å². The number of aromatic nitrogens is 1. The van der Waals surface area contributed by atoms with E-state index in [1.807, 2.05) is 5.32 Å². The highest BCUT2D eigenvalue weighted by Crippen LogP contribution is 2.28. The summed E-state index contributed by atoms with van der Waals surface area (Å²) in [6, 6.07) is 4.83. The van der Waals surface area contributed by atoms with Crippen LogP contribution in [-0.4, -0.2) is 23.0 Å². The Kier molecular flexibility index (Phi) is 3.84. The average molecular weight is 400 g/mol. The van der Waals surface area contributed by atoms with E-state index in [0.717, 1.165) is 16.7 Å². The molecule has 3 rings (SSSR count). The monoisotopic (exact) mass is 399 g/mol. The van der Waals surface area contributed by atoms with Gasteiger partial charge < -0.3 is 10.5 Å². The number of carbonyl (C=O) groups excluding carboxylic acids is 2. The Morgan fingerprint density at radius 3 is 2.50 bits per heavy atom. The minimum atomic E-state index is -3.05. The Labute approximate surface area is 141 Å². The van der Waals surface area contributed by atoms with Crippen molar-refractivity contribution in [3.8, 4) is 11.4 Å². The number of hydrogen-bond donors (Lipinski definition) is 2. The number of halogens is 3. The van der Waals surface area contributed by atoms with E-state index in [2.05, 4.69) is 20.7 Å². The molecular weight excluding hydrogens is 392 g/mol. The van der Waals surface area contributed by atoms with E-state index in [1.54, 1.807) is 0 Å². The van der Waals surface area contributed by atoms with Gasteiger partial charge in [0, 0.05) is 16.6 Å². The number of benzene rings is 1. The van der Waals surface area contributed by atoms with Crippen LogP contribution in [0.3, 0.4) is 0 Å². The Balaban J connectivity index is 2.23. The largest absolute Gasteiger partial charge is 0.435 e. The number of nitrogens with zero attached hydrogens (tertiary/aromatic N) is 1. The van der Waals surface area contributed by atoms with Crippen LogP contribution in [0, 0.1) is 0 Å². The summed E-state index contributed by atoms with van der Waals surface area (Å²) in [6.07, 6.45) is 0. The Morgan fingerprint density at radius 2 is 1.83 bits per heavy atom. The standard InChI is InChI=1S/C14H8BrF2N3O4/c15-5-1-6(3-7(2-5)24-14(16)17)20-9(21)4-8-10(11(20)18)13(23)19-12(8)22/h1-4,14H,18H2,(H,19,22,23). The third-order valence-electron chi connectivity index (χ3n) is 3.29. The lowest BCUT2D eigenvalue weighted by Gasteiger charge is -2.14. The second-order valence-corrected chi connectivity index (χ2v) is 5.71. The van der Waals surface area contributed by atoms with E-state index in [4.69, 9.17) is 5.73 Å². The van der Waals surface area contributed by atoms with Gasteiger partial charge in [-0.1, -0.05) is 15.9 Å². The van der Waals surface area contributed by atoms with Crippen molar-refractivity contribution < 1.29 is 23.1 Å². The Morgan fingerprint density at radius 1 is 1.12 bits per heavy atom. The molecule has 3 N–H and O–H groups in total. The van der Waals surface area contributed by atoms with Gasteiger partial charge in [-0.25, -0.2) is 0 Å². The van der Waals surface area contributed by atoms with E-state index in [0.29, 0.717) is 4.47 Å². The quantitative estimate of drug-likeness (QED) is 0.764. The zero-order valence-electron chi connectivity index (χ0n) is 11.7. The molecule has 7 nitrogen and oxygen atoms in total. The first-order chi connectivity index (χ1) is 11.3. The predicted molar refractivity (Wildman–Crippen MR) is 82.6 cm³/mol. The average Bonchev–Trinajstić information content (AvgIpc) is 2.72. The molecule has 0 saturated heterocycles. The molecule has 0 fully saturated rings. The van der Waals surface area contributed by atoms with Crippen LogP contribution in [0.25, 0.3) is 5.69 Å². The number of alkyl halides is 2. The number of nitrogens with two attached hydrogens (primary N) is 1. The maximum absolute atomic E-state index is 12.4. The number of ether oxygens (including phenoxy) is 1. The van der Waals surface area contributed by atoms with Gasteiger partial charge in [0.1, 0.15) is 11.6 Å². The predicted octanol–water partition coefficient (Wildman–Crippen LogP) is 1.67. The van der Waals surface area contributed by atoms with Crippen LogP contribution in [0.5, 0.6) is 5.75 Å². The van der Waals surface area contributed by atoms with Gasteiger partial charge >= 0.3 is 6.61 Å². The molecule has 24 heavy (non-hydrogen) atoms. The van der Waals surface area contributed by atoms with Crippen molar-refractivity contribution in [1.29, 1.82) is 0 Å². The van der Waals surface area contributed by atoms with E-state index < -0.39 is 24.0 Å². The van der Waals surface area contributed by atoms with Gasteiger partial charge in [-0.15, -0.1) is 0 Å². The topological polar surface area (TPSA) is 103 Å². The van der Waals surface area contributed by atoms with E-state index in [9.17, 15) is 23.2 Å². The Hall–Kier alpha value is -2.75. The highest BCUT2D eigenvalue weighted by Gasteiger charge is 2.31. The molecule has 0 aliphatic carbocycles. The molecule has 2 aromatic rings. The van der Waals surface area contributed by atoms with Crippen molar-refractivity contribution in [2.45, 2.75) is 6.61 Å². The summed E-state index contributed by atoms with van der Waals surface area (Å²) in [7, 11) is 0. The summed E-state index contributed by atoms with van der Waals surface area (Å²) in [6.45, 7) is -3.05. The van der Waals surface area contributed by atoms with Crippen molar-refractivity contribution in [3.05, 3.63) is 50.2 Å². The molecule has 0 radical (unpaired) electrons. The van der Waals surface area contributed by atoms with Crippen LogP contribution in [0.15, 0.2) is 33.5 Å². The van der Waals surface area contributed by atoms with Gasteiger partial charge in [-0.2, -0.15) is 8.78 Å². The molecule has 0 saturated carbocycles. The fraction of sp³-hybridized carbons (Fsp3) is 0.0714. The normalized spacial score (nSPS) is 13.2. The number of anilines is 1. The summed E-state index contributed by atoms with van der Waals surface area (Å²) in [5.74, 6) is -1.94. The summed E-state index contributed by atoms with van der Waals surface area (Å²) >= 11 is 3.12. The van der Waals surface area contributed by atoms with Crippen LogP contribution < -0.4 is 21.3 Å². The fourth-order valence-electron chi connectivity index (χ4n) is 2.39. The number of nitrogens with one attached hydrogen (secondary N) is 1. The minimum absolute atomic E-state index is 0.0949. The van der Waals surface area contributed by atoms with Crippen LogP contribution in [-0.2, 0) is 0 Å². The molecule has 1 aliphatic rings. The number of carbonyl (C=O) groups is 2. The zero-order valence-corrected chi connectivity index (χ0v) is 13.3. The molecule has 2 heterocycles. The molecule has 0 unspecified atom stereocenters. The van der Waals surface area contributed by atoms with Crippen molar-refractivity contribution in [3.63, 3.8) is 0 Å². The Bertz CT molecular complexity index is 942. The number of pyridine rings is 1. The molecule has 10 heteroatoms. The number of imide groups is 1. The molecule has 0 bridgehead atoms. The molecule has 1 aromatic carbocycles. The number of fused-ring (bicyclic) bond motifs is 1. The van der Waals surface area contributed by atoms with Gasteiger partial charge in [0.15, 0.2) is 0 Å². The summed E-state index contributed by atoms with van der Waals surface area (Å²) in [5, 5.41) is 2.03. The number of amides is 2. The van der Waals surface area contributed by atoms with Gasteiger partial charge in [-0.3, -0.25) is 24.3 Å². The minimum Gasteiger partial charge on any atom is -0.435 e. The molecule has 2 amide bonds. The van der Waals surface area contributed by atoms with Crippen LogP contribution in [0.4, 0.5) is 14.6 Å². The van der Waals surface area contributed by atoms with Crippen molar-refractivity contribution in [2.75, 3.05) is 5.73 Å². The lowest BCUT2D eigenvalue weighted by molar-refractivity contribution is -0.0498. The molecule has 124 valence electrons. The third kappa shape index (κ3) is 2.64. The van der Waals surface area contributed by atoms with E-state index in [-0.39, 0.29) is 28.4 Å². The lowest BCUT2D eigenvalue weighted by atomic mass is 10.1. The fourth-order valence-corrected chi connectivity index (χ4v) is 2.85. The smallest absolute Gasteiger partial charge is 0.387 e. The molecule has 0 spiro atoms. The zero-order chi connectivity index (χ0) is 17.6. The summed E-state index contributed by atoms with van der Waals surface area (Å²) < 4.78 is 30.4. The first kappa shape index (κ1) is 16.1. The van der Waals surface area contributed by atoms with Crippen molar-refractivity contribution in [1.82, 2.24) is 9.88 Å². The first-order valence-corrected chi connectivity index (χ1v) is 7.24. The number of nitrogen functional groups attached to an aromatic ring is 1. The van der Waals surface area contributed by atoms with Crippen LogP contribution in [0.2, 0.25) is 0 Å². The first-order valence-electron chi connectivity index (χ1n) is 6.45. The lowest BCUT2D eigenvalue weighted by Crippen LogP contribution is -2.24. The highest BCUT2D eigenvalue weighted by molar-refractivity contribution is 9.10. The number of hydrogen-bond acceptors (Lipinski definition) is 5. The van der Waals surface area contributed by atoms with Gasteiger partial charge in [-0.05, 0) is 12.1 Å². The second kappa shape index (κ2) is 5.71. The summed E-state index contributed by atoms with van der Waals surface area (Å²) in [5.41, 5.74) is 5.00. The van der Waals surface area contributed by atoms with Gasteiger partial charge in [0.2, 0.25) is 0 Å². The molecule has 0 atom stereocenters. The van der Waals surface area contributed by atoms with Gasteiger partial charge in [0.05, 0.1) is 16.8 Å². The van der Waals surface area contributed by atoms with E-state index in [1.165, 1.54) is 12.1 Å². The maximum atomic E-state index is 12.4. The van der Waals surface area contributed by atoms with E-state index >= 15 is 0 Å². The third-order valence-corrected chi connectivity index (χ3v) is 3.75. The maximum Gasteiger partial charge on any atom is 0.387 e. The van der Waals surface area contributed by atoms with Crippen LogP contribution in [0.1, 0.15) is 20.7 Å². The highest BCUT2D eigenvalue weighted by atomic mass is 79.9. The summed E-state index contributed by atoms with van der Waals surface area (Å²) in [4.78, 5) is 35.7. The SMILES string of the molecule is Nc1c2c(cc(=O)n1-c1cc(Br)cc(OC(F)F)c1)C(=O)NC2=O. The second-order valence-electron chi connectivity index (χ2n) is 4.80. The molecule has 1 aliphatic heterocycles. The number of rotatable bonds is 3. The van der Waals surface area contributed by atoms with Gasteiger partial charge in [0.25, 0.3) is 17.4 Å². The van der Waals surface area contributed by atoms with Crippen molar-refractivity contribution >= 4 is 33.6 Å².